The third-order valence-electron chi connectivity index (χ3n) is 4.17. The fraction of sp³-hybridized carbons (Fsp3) is 0.375. The molecule has 9 nitrogen and oxygen atoms in total. The van der Waals surface area contributed by atoms with Crippen molar-refractivity contribution in [2.75, 3.05) is 13.7 Å². The Labute approximate surface area is 142 Å². The second-order valence-corrected chi connectivity index (χ2v) is 5.71. The topological polar surface area (TPSA) is 133 Å². The van der Waals surface area contributed by atoms with Gasteiger partial charge in [0.25, 0.3) is 11.5 Å². The second kappa shape index (κ2) is 6.99. The van der Waals surface area contributed by atoms with Gasteiger partial charge in [0.15, 0.2) is 5.69 Å². The number of benzene rings is 1. The van der Waals surface area contributed by atoms with Gasteiger partial charge in [-0.3, -0.25) is 9.59 Å². The standard InChI is InChI=1S/C16H17N3O5.H2O/c1-18-14(21)11-6-4-3-5-10(11)13(17-18)15(22)19-8-9(20)7-12(19)16(23)24-2;/h3-6,9,12,20H,7-8H2,1-2H3;1H2. The van der Waals surface area contributed by atoms with Crippen molar-refractivity contribution in [3.05, 3.63) is 40.3 Å². The molecule has 0 bridgehead atoms. The van der Waals surface area contributed by atoms with Gasteiger partial charge in [-0.2, -0.15) is 5.10 Å². The molecule has 1 saturated heterocycles. The van der Waals surface area contributed by atoms with Crippen LogP contribution in [-0.2, 0) is 16.6 Å². The average Bonchev–Trinajstić information content (AvgIpc) is 2.98. The van der Waals surface area contributed by atoms with Gasteiger partial charge in [-0.05, 0) is 6.07 Å². The quantitative estimate of drug-likeness (QED) is 0.681. The summed E-state index contributed by atoms with van der Waals surface area (Å²) < 4.78 is 5.80. The first kappa shape index (κ1) is 18.6. The predicted octanol–water partition coefficient (Wildman–Crippen LogP) is -1.14. The molecule has 0 spiro atoms. The van der Waals surface area contributed by atoms with Crippen LogP contribution in [0.3, 0.4) is 0 Å². The average molecular weight is 349 g/mol. The third-order valence-corrected chi connectivity index (χ3v) is 4.17. The molecular weight excluding hydrogens is 330 g/mol. The van der Waals surface area contributed by atoms with Crippen LogP contribution in [0.25, 0.3) is 10.8 Å². The number of hydrogen-bond donors (Lipinski definition) is 1. The normalized spacial score (nSPS) is 19.6. The van der Waals surface area contributed by atoms with Crippen molar-refractivity contribution >= 4 is 22.6 Å². The maximum atomic E-state index is 12.9. The van der Waals surface area contributed by atoms with Crippen molar-refractivity contribution in [3.8, 4) is 0 Å². The maximum Gasteiger partial charge on any atom is 0.328 e. The Hall–Kier alpha value is -2.78. The van der Waals surface area contributed by atoms with Gasteiger partial charge in [0.1, 0.15) is 6.04 Å². The summed E-state index contributed by atoms with van der Waals surface area (Å²) in [6.45, 7) is 0.0114. The molecule has 1 fully saturated rings. The van der Waals surface area contributed by atoms with Crippen LogP contribution in [0.4, 0.5) is 0 Å². The molecule has 1 aromatic carbocycles. The molecule has 134 valence electrons. The van der Waals surface area contributed by atoms with Gasteiger partial charge in [0, 0.05) is 25.4 Å². The highest BCUT2D eigenvalue weighted by Gasteiger charge is 2.41. The number of ether oxygens (including phenoxy) is 1. The van der Waals surface area contributed by atoms with Crippen LogP contribution in [-0.4, -0.2) is 62.9 Å². The number of β-amino-alcohol motifs (C(OH)–C–C–N with tert-alkyl or cyclic N) is 1. The molecule has 0 radical (unpaired) electrons. The van der Waals surface area contributed by atoms with E-state index in [1.54, 1.807) is 24.3 Å². The molecule has 9 heteroatoms. The van der Waals surface area contributed by atoms with E-state index in [9.17, 15) is 19.5 Å². The Morgan fingerprint density at radius 1 is 1.28 bits per heavy atom. The maximum absolute atomic E-state index is 12.9. The number of likely N-dealkylation sites (tertiary alicyclic amines) is 1. The molecule has 0 aliphatic carbocycles. The molecule has 1 amide bonds. The van der Waals surface area contributed by atoms with Gasteiger partial charge < -0.3 is 20.2 Å². The van der Waals surface area contributed by atoms with Gasteiger partial charge in [0.2, 0.25) is 0 Å². The lowest BCUT2D eigenvalue weighted by atomic mass is 10.1. The summed E-state index contributed by atoms with van der Waals surface area (Å²) in [5, 5.41) is 14.7. The number of nitrogens with zero attached hydrogens (tertiary/aromatic N) is 3. The number of amides is 1. The fourth-order valence-corrected chi connectivity index (χ4v) is 2.99. The Kier molecular flexibility index (Phi) is 5.19. The van der Waals surface area contributed by atoms with E-state index in [-0.39, 0.29) is 29.7 Å². The number of esters is 1. The molecule has 2 atom stereocenters. The Balaban J connectivity index is 0.00000225. The third kappa shape index (κ3) is 3.11. The van der Waals surface area contributed by atoms with Gasteiger partial charge in [-0.25, -0.2) is 9.48 Å². The molecule has 25 heavy (non-hydrogen) atoms. The summed E-state index contributed by atoms with van der Waals surface area (Å²) in [5.74, 6) is -1.11. The van der Waals surface area contributed by atoms with E-state index in [1.165, 1.54) is 19.1 Å². The Morgan fingerprint density at radius 2 is 1.92 bits per heavy atom. The fourth-order valence-electron chi connectivity index (χ4n) is 2.99. The highest BCUT2D eigenvalue weighted by molar-refractivity contribution is 6.06. The number of rotatable bonds is 2. The molecule has 1 aromatic heterocycles. The first-order valence-corrected chi connectivity index (χ1v) is 7.47. The van der Waals surface area contributed by atoms with Crippen molar-refractivity contribution in [2.24, 2.45) is 7.05 Å². The van der Waals surface area contributed by atoms with E-state index in [0.29, 0.717) is 10.8 Å². The van der Waals surface area contributed by atoms with Gasteiger partial charge in [-0.1, -0.05) is 18.2 Å². The number of carbonyl (C=O) groups excluding carboxylic acids is 2. The number of aryl methyl sites for hydroxylation is 1. The summed E-state index contributed by atoms with van der Waals surface area (Å²) in [4.78, 5) is 38.2. The minimum atomic E-state index is -0.865. The van der Waals surface area contributed by atoms with E-state index in [1.807, 2.05) is 0 Å². The largest absolute Gasteiger partial charge is 0.467 e. The molecule has 2 unspecified atom stereocenters. The highest BCUT2D eigenvalue weighted by atomic mass is 16.5. The number of fused-ring (bicyclic) bond motifs is 1. The lowest BCUT2D eigenvalue weighted by molar-refractivity contribution is -0.145. The van der Waals surface area contributed by atoms with Crippen LogP contribution in [0.5, 0.6) is 0 Å². The van der Waals surface area contributed by atoms with Crippen molar-refractivity contribution in [1.29, 1.82) is 0 Å². The van der Waals surface area contributed by atoms with Crippen LogP contribution in [0.15, 0.2) is 29.1 Å². The number of aromatic nitrogens is 2. The number of methoxy groups -OCH3 is 1. The minimum Gasteiger partial charge on any atom is -0.467 e. The smallest absolute Gasteiger partial charge is 0.328 e. The van der Waals surface area contributed by atoms with Crippen LogP contribution in [0, 0.1) is 0 Å². The first-order chi connectivity index (χ1) is 11.4. The number of hydrogen-bond acceptors (Lipinski definition) is 6. The van der Waals surface area contributed by atoms with Crippen molar-refractivity contribution in [2.45, 2.75) is 18.6 Å². The van der Waals surface area contributed by atoms with Crippen molar-refractivity contribution in [1.82, 2.24) is 14.7 Å². The van der Waals surface area contributed by atoms with E-state index < -0.39 is 24.0 Å². The summed E-state index contributed by atoms with van der Waals surface area (Å²) in [6.07, 6.45) is -0.695. The van der Waals surface area contributed by atoms with Crippen LogP contribution < -0.4 is 5.56 Å². The molecule has 3 rings (SSSR count). The Bertz CT molecular complexity index is 878. The number of carbonyl (C=O) groups is 2. The first-order valence-electron chi connectivity index (χ1n) is 7.47. The molecule has 2 aromatic rings. The zero-order chi connectivity index (χ0) is 17.4. The summed E-state index contributed by atoms with van der Waals surface area (Å²) >= 11 is 0. The SMILES string of the molecule is COC(=O)C1CC(O)CN1C(=O)c1nn(C)c(=O)c2ccccc12.O. The Morgan fingerprint density at radius 3 is 2.56 bits per heavy atom. The molecule has 3 N–H and O–H groups in total. The minimum absolute atomic E-state index is 0. The zero-order valence-corrected chi connectivity index (χ0v) is 13.8. The van der Waals surface area contributed by atoms with Crippen LogP contribution in [0.1, 0.15) is 16.9 Å². The second-order valence-electron chi connectivity index (χ2n) is 5.71. The molecular formula is C16H19N3O6. The molecule has 2 heterocycles. The lowest BCUT2D eigenvalue weighted by Gasteiger charge is -2.22. The van der Waals surface area contributed by atoms with E-state index in [4.69, 9.17) is 4.74 Å². The van der Waals surface area contributed by atoms with E-state index in [0.717, 1.165) is 4.68 Å². The lowest BCUT2D eigenvalue weighted by Crippen LogP contribution is -2.42. The van der Waals surface area contributed by atoms with Crippen molar-refractivity contribution in [3.63, 3.8) is 0 Å². The van der Waals surface area contributed by atoms with Crippen LogP contribution in [0.2, 0.25) is 0 Å². The summed E-state index contributed by atoms with van der Waals surface area (Å²) in [7, 11) is 2.69. The molecule has 1 aliphatic heterocycles. The van der Waals surface area contributed by atoms with Gasteiger partial charge in [-0.15, -0.1) is 0 Å². The monoisotopic (exact) mass is 349 g/mol. The summed E-state index contributed by atoms with van der Waals surface area (Å²) in [6, 6.07) is 5.80. The molecule has 1 aliphatic rings. The summed E-state index contributed by atoms with van der Waals surface area (Å²) in [5.41, 5.74) is -0.246. The number of aliphatic hydroxyl groups is 1. The predicted molar refractivity (Wildman–Crippen MR) is 88.1 cm³/mol. The zero-order valence-electron chi connectivity index (χ0n) is 13.8. The van der Waals surface area contributed by atoms with E-state index >= 15 is 0 Å². The highest BCUT2D eigenvalue weighted by Crippen LogP contribution is 2.23. The van der Waals surface area contributed by atoms with Crippen molar-refractivity contribution < 1.29 is 24.9 Å². The number of aliphatic hydroxyl groups excluding tert-OH is 1. The van der Waals surface area contributed by atoms with E-state index in [2.05, 4.69) is 5.10 Å². The van der Waals surface area contributed by atoms with Gasteiger partial charge in [0.05, 0.1) is 18.6 Å². The molecule has 0 saturated carbocycles. The van der Waals surface area contributed by atoms with Crippen LogP contribution >= 0.6 is 0 Å². The van der Waals surface area contributed by atoms with Gasteiger partial charge >= 0.3 is 5.97 Å².